The highest BCUT2D eigenvalue weighted by Crippen LogP contribution is 2.34. The Hall–Kier alpha value is -1.51. The molecule has 20 heavy (non-hydrogen) atoms. The molecule has 0 radical (unpaired) electrons. The van der Waals surface area contributed by atoms with Crippen molar-refractivity contribution in [2.24, 2.45) is 0 Å². The van der Waals surface area contributed by atoms with Gasteiger partial charge in [-0.25, -0.2) is 0 Å². The molecule has 1 aromatic rings. The molecule has 1 atom stereocenters. The number of carbonyl (C=O) groups excluding carboxylic acids is 1. The fourth-order valence-electron chi connectivity index (χ4n) is 3.61. The van der Waals surface area contributed by atoms with E-state index in [1.165, 1.54) is 30.5 Å². The summed E-state index contributed by atoms with van der Waals surface area (Å²) in [5.41, 5.74) is 2.51. The molecule has 0 bridgehead atoms. The molecule has 2 N–H and O–H groups in total. The predicted molar refractivity (Wildman–Crippen MR) is 81.9 cm³/mol. The monoisotopic (exact) mass is 272 g/mol. The third-order valence-electron chi connectivity index (χ3n) is 4.77. The number of carbonyl (C=O) groups is 1. The number of benzene rings is 1. The molecule has 3 nitrogen and oxygen atoms in total. The molecule has 1 aliphatic heterocycles. The molecule has 1 amide bonds. The van der Waals surface area contributed by atoms with Crippen LogP contribution in [0, 0.1) is 0 Å². The van der Waals surface area contributed by atoms with E-state index < -0.39 is 0 Å². The van der Waals surface area contributed by atoms with Crippen LogP contribution in [0.15, 0.2) is 24.3 Å². The zero-order valence-electron chi connectivity index (χ0n) is 12.2. The van der Waals surface area contributed by atoms with Crippen LogP contribution in [0.4, 0.5) is 5.69 Å². The first-order chi connectivity index (χ1) is 9.66. The highest BCUT2D eigenvalue weighted by atomic mass is 16.1. The van der Waals surface area contributed by atoms with Gasteiger partial charge in [-0.1, -0.05) is 37.5 Å². The van der Waals surface area contributed by atoms with E-state index in [4.69, 9.17) is 0 Å². The molecular weight excluding hydrogens is 248 g/mol. The van der Waals surface area contributed by atoms with Crippen LogP contribution in [0.3, 0.4) is 0 Å². The quantitative estimate of drug-likeness (QED) is 0.885. The van der Waals surface area contributed by atoms with Crippen molar-refractivity contribution in [2.75, 3.05) is 11.9 Å². The Morgan fingerprint density at radius 1 is 1.30 bits per heavy atom. The molecule has 1 heterocycles. The molecule has 108 valence electrons. The van der Waals surface area contributed by atoms with Crippen LogP contribution in [-0.2, 0) is 4.79 Å². The van der Waals surface area contributed by atoms with Gasteiger partial charge in [0, 0.05) is 30.1 Å². The highest BCUT2D eigenvalue weighted by molar-refractivity contribution is 5.79. The summed E-state index contributed by atoms with van der Waals surface area (Å²) in [6.07, 6.45) is 6.64. The number of fused-ring (bicyclic) bond motifs is 1. The van der Waals surface area contributed by atoms with E-state index in [0.29, 0.717) is 12.3 Å². The van der Waals surface area contributed by atoms with Gasteiger partial charge in [0.15, 0.2) is 0 Å². The van der Waals surface area contributed by atoms with E-state index in [1.54, 1.807) is 0 Å². The number of hydrogen-bond acceptors (Lipinski definition) is 2. The Kier molecular flexibility index (Phi) is 3.68. The maximum absolute atomic E-state index is 12.3. The highest BCUT2D eigenvalue weighted by Gasteiger charge is 2.30. The Balaban J connectivity index is 1.60. The van der Waals surface area contributed by atoms with Crippen molar-refractivity contribution in [1.29, 1.82) is 0 Å². The molecular formula is C17H24N2O. The molecule has 3 heteroatoms. The molecule has 0 aromatic heterocycles. The molecule has 1 unspecified atom stereocenters. The molecule has 0 spiro atoms. The van der Waals surface area contributed by atoms with Gasteiger partial charge in [-0.3, -0.25) is 4.79 Å². The largest absolute Gasteiger partial charge is 0.384 e. The van der Waals surface area contributed by atoms with E-state index >= 15 is 0 Å². The Bertz CT molecular complexity index is 492. The van der Waals surface area contributed by atoms with Crippen molar-refractivity contribution in [3.05, 3.63) is 29.8 Å². The molecule has 1 aliphatic carbocycles. The average Bonchev–Trinajstić information content (AvgIpc) is 2.82. The first-order valence-corrected chi connectivity index (χ1v) is 7.80. The second kappa shape index (κ2) is 5.47. The summed E-state index contributed by atoms with van der Waals surface area (Å²) in [4.78, 5) is 12.3. The summed E-state index contributed by atoms with van der Waals surface area (Å²) in [6.45, 7) is 3.08. The topological polar surface area (TPSA) is 41.1 Å². The Morgan fingerprint density at radius 3 is 2.85 bits per heavy atom. The Morgan fingerprint density at radius 2 is 2.05 bits per heavy atom. The third kappa shape index (κ3) is 2.82. The summed E-state index contributed by atoms with van der Waals surface area (Å²) in [5, 5.41) is 6.67. The number of nitrogens with one attached hydrogen (secondary N) is 2. The van der Waals surface area contributed by atoms with Gasteiger partial charge in [-0.2, -0.15) is 0 Å². The standard InChI is InChI=1S/C17H24N2O/c1-17(9-5-2-6-10-17)19-16(20)11-13-12-18-15-8-4-3-7-14(13)15/h3-4,7-8,13,18H,2,5-6,9-12H2,1H3,(H,19,20). The molecule has 1 fully saturated rings. The summed E-state index contributed by atoms with van der Waals surface area (Å²) in [6, 6.07) is 8.32. The smallest absolute Gasteiger partial charge is 0.221 e. The van der Waals surface area contributed by atoms with Crippen molar-refractivity contribution >= 4 is 11.6 Å². The van der Waals surface area contributed by atoms with Crippen LogP contribution in [0.1, 0.15) is 56.9 Å². The van der Waals surface area contributed by atoms with Crippen LogP contribution < -0.4 is 10.6 Å². The zero-order valence-corrected chi connectivity index (χ0v) is 12.2. The lowest BCUT2D eigenvalue weighted by Crippen LogP contribution is -2.47. The van der Waals surface area contributed by atoms with E-state index in [1.807, 2.05) is 6.07 Å². The van der Waals surface area contributed by atoms with Gasteiger partial charge < -0.3 is 10.6 Å². The van der Waals surface area contributed by atoms with Crippen molar-refractivity contribution in [2.45, 2.75) is 56.9 Å². The zero-order chi connectivity index (χ0) is 14.0. The lowest BCUT2D eigenvalue weighted by atomic mass is 9.83. The normalized spacial score (nSPS) is 23.8. The third-order valence-corrected chi connectivity index (χ3v) is 4.77. The van der Waals surface area contributed by atoms with Gasteiger partial charge in [-0.05, 0) is 31.4 Å². The summed E-state index contributed by atoms with van der Waals surface area (Å²) >= 11 is 0. The number of anilines is 1. The minimum atomic E-state index is 0.0287. The van der Waals surface area contributed by atoms with E-state index in [0.717, 1.165) is 19.4 Å². The summed E-state index contributed by atoms with van der Waals surface area (Å²) in [7, 11) is 0. The number of amides is 1. The Labute approximate surface area is 121 Å². The van der Waals surface area contributed by atoms with Crippen LogP contribution >= 0.6 is 0 Å². The van der Waals surface area contributed by atoms with E-state index in [-0.39, 0.29) is 11.4 Å². The minimum Gasteiger partial charge on any atom is -0.384 e. The predicted octanol–water partition coefficient (Wildman–Crippen LogP) is 3.42. The average molecular weight is 272 g/mol. The fourth-order valence-corrected chi connectivity index (χ4v) is 3.61. The van der Waals surface area contributed by atoms with Gasteiger partial charge >= 0.3 is 0 Å². The van der Waals surface area contributed by atoms with Crippen LogP contribution in [0.25, 0.3) is 0 Å². The lowest BCUT2D eigenvalue weighted by molar-refractivity contribution is -0.123. The van der Waals surface area contributed by atoms with Crippen molar-refractivity contribution < 1.29 is 4.79 Å². The van der Waals surface area contributed by atoms with Crippen LogP contribution in [0.2, 0.25) is 0 Å². The number of hydrogen-bond donors (Lipinski definition) is 2. The first-order valence-electron chi connectivity index (χ1n) is 7.80. The van der Waals surface area contributed by atoms with Crippen molar-refractivity contribution in [3.63, 3.8) is 0 Å². The maximum Gasteiger partial charge on any atom is 0.221 e. The number of para-hydroxylation sites is 1. The molecule has 0 saturated heterocycles. The van der Waals surface area contributed by atoms with Gasteiger partial charge in [0.1, 0.15) is 0 Å². The molecule has 1 aromatic carbocycles. The van der Waals surface area contributed by atoms with Crippen molar-refractivity contribution in [3.8, 4) is 0 Å². The van der Waals surface area contributed by atoms with Gasteiger partial charge in [0.25, 0.3) is 0 Å². The second-order valence-corrected chi connectivity index (χ2v) is 6.54. The second-order valence-electron chi connectivity index (χ2n) is 6.54. The van der Waals surface area contributed by atoms with Gasteiger partial charge in [-0.15, -0.1) is 0 Å². The summed E-state index contributed by atoms with van der Waals surface area (Å²) in [5.74, 6) is 0.524. The number of rotatable bonds is 3. The van der Waals surface area contributed by atoms with Crippen LogP contribution in [-0.4, -0.2) is 18.0 Å². The SMILES string of the molecule is CC1(NC(=O)CC2CNc3ccccc32)CCCCC1. The van der Waals surface area contributed by atoms with Crippen LogP contribution in [0.5, 0.6) is 0 Å². The molecule has 2 aliphatic rings. The maximum atomic E-state index is 12.3. The van der Waals surface area contributed by atoms with E-state index in [9.17, 15) is 4.79 Å². The van der Waals surface area contributed by atoms with E-state index in [2.05, 4.69) is 35.8 Å². The molecule has 1 saturated carbocycles. The first kappa shape index (κ1) is 13.5. The van der Waals surface area contributed by atoms with Gasteiger partial charge in [0.2, 0.25) is 5.91 Å². The van der Waals surface area contributed by atoms with Gasteiger partial charge in [0.05, 0.1) is 0 Å². The van der Waals surface area contributed by atoms with Crippen molar-refractivity contribution in [1.82, 2.24) is 5.32 Å². The summed E-state index contributed by atoms with van der Waals surface area (Å²) < 4.78 is 0. The fraction of sp³-hybridized carbons (Fsp3) is 0.588. The minimum absolute atomic E-state index is 0.0287. The lowest BCUT2D eigenvalue weighted by Gasteiger charge is -2.34. The molecule has 3 rings (SSSR count).